The molecule has 0 saturated carbocycles. The zero-order valence-electron chi connectivity index (χ0n) is 25.4. The molecule has 2 saturated heterocycles. The fraction of sp³-hybridized carbons (Fsp3) is 0.576. The Kier molecular flexibility index (Phi) is 10.1. The van der Waals surface area contributed by atoms with Gasteiger partial charge in [-0.15, -0.1) is 11.3 Å². The second-order valence-corrected chi connectivity index (χ2v) is 13.7. The molecule has 3 heterocycles. The number of aromatic nitrogens is 1. The summed E-state index contributed by atoms with van der Waals surface area (Å²) in [7, 11) is 0. The third-order valence-electron chi connectivity index (χ3n) is 9.07. The number of aliphatic hydroxyl groups excluding tert-OH is 2. The van der Waals surface area contributed by atoms with Crippen molar-refractivity contribution in [2.75, 3.05) is 0 Å². The van der Waals surface area contributed by atoms with E-state index in [1.807, 2.05) is 55.3 Å². The lowest BCUT2D eigenvalue weighted by molar-refractivity contribution is -0.154. The molecule has 1 amide bonds. The number of nitrogens with zero attached hydrogens (tertiary/aromatic N) is 2. The van der Waals surface area contributed by atoms with Crippen molar-refractivity contribution in [3.05, 3.63) is 57.6 Å². The molecule has 4 rings (SSSR count). The maximum absolute atomic E-state index is 13.5. The lowest BCUT2D eigenvalue weighted by Crippen LogP contribution is -2.45. The number of amides is 1. The monoisotopic (exact) mass is 596 g/mol. The van der Waals surface area contributed by atoms with E-state index in [1.54, 1.807) is 32.9 Å². The normalized spacial score (nSPS) is 31.3. The van der Waals surface area contributed by atoms with E-state index in [1.165, 1.54) is 11.3 Å². The van der Waals surface area contributed by atoms with Crippen LogP contribution < -0.4 is 0 Å². The first-order chi connectivity index (χ1) is 19.8. The number of hydrogen-bond acceptors (Lipinski definition) is 8. The van der Waals surface area contributed by atoms with Gasteiger partial charge >= 0.3 is 5.97 Å². The van der Waals surface area contributed by atoms with Crippen LogP contribution in [0, 0.1) is 24.2 Å². The van der Waals surface area contributed by atoms with Crippen LogP contribution in [0.2, 0.25) is 0 Å². The summed E-state index contributed by atoms with van der Waals surface area (Å²) < 4.78 is 6.00. The Morgan fingerprint density at radius 2 is 1.81 bits per heavy atom. The van der Waals surface area contributed by atoms with Gasteiger partial charge in [-0.1, -0.05) is 52.3 Å². The molecule has 9 heteroatoms. The van der Waals surface area contributed by atoms with Crippen molar-refractivity contribution in [2.24, 2.45) is 17.3 Å². The summed E-state index contributed by atoms with van der Waals surface area (Å²) in [5.74, 6) is -1.83. The van der Waals surface area contributed by atoms with Gasteiger partial charge in [-0.3, -0.25) is 14.4 Å². The Bertz CT molecular complexity index is 1300. The van der Waals surface area contributed by atoms with E-state index >= 15 is 0 Å². The predicted molar refractivity (Wildman–Crippen MR) is 163 cm³/mol. The lowest BCUT2D eigenvalue weighted by Gasteiger charge is -2.34. The van der Waals surface area contributed by atoms with Crippen molar-refractivity contribution < 1.29 is 29.3 Å². The van der Waals surface area contributed by atoms with Crippen LogP contribution in [0.5, 0.6) is 0 Å². The second-order valence-electron chi connectivity index (χ2n) is 12.6. The first kappa shape index (κ1) is 32.0. The number of carbonyl (C=O) groups is 3. The van der Waals surface area contributed by atoms with Crippen molar-refractivity contribution in [2.45, 2.75) is 104 Å². The zero-order chi connectivity index (χ0) is 30.8. The first-order valence-electron chi connectivity index (χ1n) is 14.9. The van der Waals surface area contributed by atoms with Crippen molar-refractivity contribution >= 4 is 35.1 Å². The summed E-state index contributed by atoms with van der Waals surface area (Å²) in [6.07, 6.45) is 1.33. The number of ether oxygens (including phenoxy) is 1. The molecule has 2 aliphatic rings. The number of esters is 1. The highest BCUT2D eigenvalue weighted by Crippen LogP contribution is 2.40. The van der Waals surface area contributed by atoms with Gasteiger partial charge in [-0.25, -0.2) is 4.98 Å². The Labute approximate surface area is 252 Å². The number of ketones is 1. The van der Waals surface area contributed by atoms with Crippen molar-refractivity contribution in [3.8, 4) is 0 Å². The summed E-state index contributed by atoms with van der Waals surface area (Å²) >= 11 is 1.53. The molecule has 1 aromatic carbocycles. The molecule has 8 nitrogen and oxygen atoms in total. The van der Waals surface area contributed by atoms with E-state index in [0.29, 0.717) is 18.4 Å². The molecule has 0 unspecified atom stereocenters. The van der Waals surface area contributed by atoms with E-state index in [-0.39, 0.29) is 36.1 Å². The Hall–Kier alpha value is -2.88. The van der Waals surface area contributed by atoms with Crippen LogP contribution in [0.1, 0.15) is 87.8 Å². The van der Waals surface area contributed by atoms with Gasteiger partial charge in [0.2, 0.25) is 0 Å². The molecular formula is C33H44N2O6S. The molecular weight excluding hydrogens is 552 g/mol. The van der Waals surface area contributed by atoms with E-state index in [9.17, 15) is 24.6 Å². The third-order valence-corrected chi connectivity index (χ3v) is 9.86. The number of carbonyl (C=O) groups excluding carboxylic acids is 3. The van der Waals surface area contributed by atoms with Gasteiger partial charge < -0.3 is 19.8 Å². The second kappa shape index (κ2) is 13.2. The van der Waals surface area contributed by atoms with E-state index in [2.05, 4.69) is 4.98 Å². The summed E-state index contributed by atoms with van der Waals surface area (Å²) in [5.41, 5.74) is 0.921. The summed E-state index contributed by atoms with van der Waals surface area (Å²) in [6, 6.07) is 9.00. The molecule has 1 aromatic heterocycles. The topological polar surface area (TPSA) is 117 Å². The van der Waals surface area contributed by atoms with Crippen LogP contribution in [-0.2, 0) is 14.3 Å². The van der Waals surface area contributed by atoms with Crippen LogP contribution >= 0.6 is 11.3 Å². The molecule has 0 spiro atoms. The summed E-state index contributed by atoms with van der Waals surface area (Å²) in [5, 5.41) is 24.9. The SMILES string of the molecule is C/C(=C\c1csc(C)n1)[C@@H]1C[C@H]2[C@@H](CCC[C@H](C)[C@H](O)[C@@H](C)C(=O)C(C)(C)[C@@H](O)CC(=O)O1)N2C(=O)c1ccccc1. The number of benzene rings is 1. The zero-order valence-corrected chi connectivity index (χ0v) is 26.3. The maximum Gasteiger partial charge on any atom is 0.309 e. The fourth-order valence-electron chi connectivity index (χ4n) is 6.13. The molecule has 0 radical (unpaired) electrons. The van der Waals surface area contributed by atoms with Crippen LogP contribution in [0.4, 0.5) is 0 Å². The molecule has 2 N–H and O–H groups in total. The molecule has 2 fully saturated rings. The molecule has 0 bridgehead atoms. The molecule has 2 aliphatic heterocycles. The number of thiazole rings is 1. The quantitative estimate of drug-likeness (QED) is 0.369. The van der Waals surface area contributed by atoms with Gasteiger partial charge in [0, 0.05) is 23.3 Å². The van der Waals surface area contributed by atoms with Crippen LogP contribution in [0.3, 0.4) is 0 Å². The number of hydrogen-bond donors (Lipinski definition) is 2. The predicted octanol–water partition coefficient (Wildman–Crippen LogP) is 5.21. The Balaban J connectivity index is 1.65. The Morgan fingerprint density at radius 1 is 1.12 bits per heavy atom. The van der Waals surface area contributed by atoms with Crippen molar-refractivity contribution in [1.82, 2.24) is 9.88 Å². The molecule has 0 aliphatic carbocycles. The average molecular weight is 597 g/mol. The number of Topliss-reactive ketones (excluding diaryl/α,β-unsaturated/α-hetero) is 1. The van der Waals surface area contributed by atoms with Crippen molar-refractivity contribution in [3.63, 3.8) is 0 Å². The number of aryl methyl sites for hydroxylation is 1. The van der Waals surface area contributed by atoms with Crippen LogP contribution in [0.15, 0.2) is 41.3 Å². The molecule has 7 atom stereocenters. The number of fused-ring (bicyclic) bond motifs is 1. The van der Waals surface area contributed by atoms with Gasteiger partial charge in [0.1, 0.15) is 11.9 Å². The minimum Gasteiger partial charge on any atom is -0.458 e. The molecule has 2 aromatic rings. The first-order valence-corrected chi connectivity index (χ1v) is 15.8. The van der Waals surface area contributed by atoms with Crippen LogP contribution in [-0.4, -0.2) is 68.2 Å². The number of aliphatic hydroxyl groups is 2. The van der Waals surface area contributed by atoms with E-state index in [0.717, 1.165) is 29.1 Å². The number of cyclic esters (lactones) is 1. The minimum atomic E-state index is -1.29. The van der Waals surface area contributed by atoms with Gasteiger partial charge in [-0.2, -0.15) is 0 Å². The highest BCUT2D eigenvalue weighted by molar-refractivity contribution is 7.09. The largest absolute Gasteiger partial charge is 0.458 e. The van der Waals surface area contributed by atoms with Crippen LogP contribution in [0.25, 0.3) is 6.08 Å². The van der Waals surface area contributed by atoms with Crippen molar-refractivity contribution in [1.29, 1.82) is 0 Å². The minimum absolute atomic E-state index is 0.0333. The molecule has 42 heavy (non-hydrogen) atoms. The lowest BCUT2D eigenvalue weighted by atomic mass is 9.73. The van der Waals surface area contributed by atoms with E-state index < -0.39 is 35.6 Å². The van der Waals surface area contributed by atoms with E-state index in [4.69, 9.17) is 4.74 Å². The summed E-state index contributed by atoms with van der Waals surface area (Å²) in [4.78, 5) is 46.6. The van der Waals surface area contributed by atoms with Gasteiger partial charge in [-0.05, 0) is 56.4 Å². The third kappa shape index (κ3) is 7.18. The summed E-state index contributed by atoms with van der Waals surface area (Å²) in [6.45, 7) is 10.6. The number of rotatable bonds is 3. The standard InChI is InChI=1S/C33H44N2O6S/c1-19-11-10-14-25-26(35(25)32(40)23-12-8-7-9-13-23)16-27(20(2)15-24-18-42-22(4)34-24)41-29(37)17-28(36)33(5,6)31(39)21(3)30(19)38/h7-9,12-13,15,18-19,21,25-28,30,36,38H,10-11,14,16-17H2,1-6H3/b20-15+/t19-,21+,25+,26-,27-,28-,30-,35?/m0/s1. The smallest absolute Gasteiger partial charge is 0.309 e. The molecule has 228 valence electrons. The van der Waals surface area contributed by atoms with Gasteiger partial charge in [0.15, 0.2) is 0 Å². The highest BCUT2D eigenvalue weighted by atomic mass is 32.1. The fourth-order valence-corrected chi connectivity index (χ4v) is 6.70. The van der Waals surface area contributed by atoms with Gasteiger partial charge in [0.25, 0.3) is 5.91 Å². The average Bonchev–Trinajstić information content (AvgIpc) is 3.47. The Morgan fingerprint density at radius 3 is 2.45 bits per heavy atom. The maximum atomic E-state index is 13.5. The highest BCUT2D eigenvalue weighted by Gasteiger charge is 2.52. The van der Waals surface area contributed by atoms with Gasteiger partial charge in [0.05, 0.1) is 46.8 Å².